The number of hydrogen-bond acceptors (Lipinski definition) is 3. The van der Waals surface area contributed by atoms with E-state index in [1.807, 2.05) is 31.2 Å². The second-order valence-corrected chi connectivity index (χ2v) is 5.13. The van der Waals surface area contributed by atoms with E-state index in [4.69, 9.17) is 0 Å². The summed E-state index contributed by atoms with van der Waals surface area (Å²) in [6.07, 6.45) is 1.13. The highest BCUT2D eigenvalue weighted by Crippen LogP contribution is 2.11. The predicted molar refractivity (Wildman–Crippen MR) is 78.3 cm³/mol. The number of benzene rings is 1. The molecular weight excluding hydrogens is 238 g/mol. The summed E-state index contributed by atoms with van der Waals surface area (Å²) in [5.41, 5.74) is 2.04. The molecule has 1 heterocycles. The molecule has 4 heteroatoms. The van der Waals surface area contributed by atoms with Crippen molar-refractivity contribution in [3.63, 3.8) is 0 Å². The summed E-state index contributed by atoms with van der Waals surface area (Å²) < 4.78 is 0. The second kappa shape index (κ2) is 6.68. The van der Waals surface area contributed by atoms with Crippen LogP contribution in [0.5, 0.6) is 0 Å². The van der Waals surface area contributed by atoms with E-state index in [2.05, 4.69) is 22.5 Å². The van der Waals surface area contributed by atoms with Crippen LogP contribution in [0.1, 0.15) is 18.9 Å². The molecule has 1 atom stereocenters. The fraction of sp³-hybridized carbons (Fsp3) is 0.533. The molecule has 0 aliphatic carbocycles. The van der Waals surface area contributed by atoms with Gasteiger partial charge in [0, 0.05) is 18.3 Å². The molecular formula is C15H23N3O. The Labute approximate surface area is 115 Å². The molecule has 0 aromatic heterocycles. The number of aryl methyl sites for hydroxylation is 1. The molecule has 0 bridgehead atoms. The topological polar surface area (TPSA) is 44.4 Å². The van der Waals surface area contributed by atoms with E-state index in [0.29, 0.717) is 12.6 Å². The zero-order valence-corrected chi connectivity index (χ0v) is 11.8. The molecule has 1 aromatic rings. The Bertz CT molecular complexity index is 427. The van der Waals surface area contributed by atoms with E-state index < -0.39 is 0 Å². The minimum absolute atomic E-state index is 0.0688. The van der Waals surface area contributed by atoms with E-state index in [-0.39, 0.29) is 5.91 Å². The molecule has 0 saturated carbocycles. The molecule has 1 aliphatic heterocycles. The Hall–Kier alpha value is -1.39. The SMILES string of the molecule is CCN(CC(=O)Nc1cccc(C)c1)C1CCNC1. The first-order valence-corrected chi connectivity index (χ1v) is 7.00. The van der Waals surface area contributed by atoms with E-state index in [1.165, 1.54) is 0 Å². The van der Waals surface area contributed by atoms with Gasteiger partial charge in [-0.15, -0.1) is 0 Å². The average molecular weight is 261 g/mol. The molecule has 104 valence electrons. The van der Waals surface area contributed by atoms with E-state index >= 15 is 0 Å². The molecule has 1 saturated heterocycles. The van der Waals surface area contributed by atoms with Gasteiger partial charge in [0.1, 0.15) is 0 Å². The van der Waals surface area contributed by atoms with Crippen molar-refractivity contribution < 1.29 is 4.79 Å². The maximum Gasteiger partial charge on any atom is 0.238 e. The van der Waals surface area contributed by atoms with Crippen LogP contribution in [0.15, 0.2) is 24.3 Å². The van der Waals surface area contributed by atoms with Crippen molar-refractivity contribution in [3.05, 3.63) is 29.8 Å². The van der Waals surface area contributed by atoms with Crippen LogP contribution < -0.4 is 10.6 Å². The molecule has 0 radical (unpaired) electrons. The van der Waals surface area contributed by atoms with Crippen LogP contribution in [0.2, 0.25) is 0 Å². The van der Waals surface area contributed by atoms with Gasteiger partial charge >= 0.3 is 0 Å². The number of nitrogens with one attached hydrogen (secondary N) is 2. The van der Waals surface area contributed by atoms with Gasteiger partial charge in [-0.1, -0.05) is 19.1 Å². The molecule has 1 aliphatic rings. The highest BCUT2D eigenvalue weighted by molar-refractivity contribution is 5.92. The predicted octanol–water partition coefficient (Wildman–Crippen LogP) is 1.62. The third-order valence-corrected chi connectivity index (χ3v) is 3.61. The number of amides is 1. The molecule has 2 N–H and O–H groups in total. The van der Waals surface area contributed by atoms with E-state index in [9.17, 15) is 4.79 Å². The van der Waals surface area contributed by atoms with Crippen molar-refractivity contribution in [2.24, 2.45) is 0 Å². The van der Waals surface area contributed by atoms with Gasteiger partial charge in [0.05, 0.1) is 6.54 Å². The summed E-state index contributed by atoms with van der Waals surface area (Å²) in [6.45, 7) is 7.56. The van der Waals surface area contributed by atoms with Crippen molar-refractivity contribution in [2.45, 2.75) is 26.3 Å². The maximum atomic E-state index is 12.1. The first-order valence-electron chi connectivity index (χ1n) is 7.00. The van der Waals surface area contributed by atoms with Crippen LogP contribution >= 0.6 is 0 Å². The Morgan fingerprint density at radius 1 is 1.53 bits per heavy atom. The summed E-state index contributed by atoms with van der Waals surface area (Å²) in [7, 11) is 0. The van der Waals surface area contributed by atoms with Gasteiger partial charge in [-0.3, -0.25) is 9.69 Å². The largest absolute Gasteiger partial charge is 0.325 e. The smallest absolute Gasteiger partial charge is 0.238 e. The van der Waals surface area contributed by atoms with Crippen LogP contribution in [0.25, 0.3) is 0 Å². The third kappa shape index (κ3) is 4.04. The number of carbonyl (C=O) groups is 1. The third-order valence-electron chi connectivity index (χ3n) is 3.61. The van der Waals surface area contributed by atoms with Crippen LogP contribution in [0.3, 0.4) is 0 Å². The zero-order valence-electron chi connectivity index (χ0n) is 11.8. The Morgan fingerprint density at radius 2 is 2.37 bits per heavy atom. The van der Waals surface area contributed by atoms with Crippen molar-refractivity contribution >= 4 is 11.6 Å². The van der Waals surface area contributed by atoms with E-state index in [1.54, 1.807) is 0 Å². The monoisotopic (exact) mass is 261 g/mol. The van der Waals surface area contributed by atoms with E-state index in [0.717, 1.165) is 37.3 Å². The lowest BCUT2D eigenvalue weighted by molar-refractivity contribution is -0.117. The Morgan fingerprint density at radius 3 is 3.00 bits per heavy atom. The first kappa shape index (κ1) is 14.0. The first-order chi connectivity index (χ1) is 9.19. The van der Waals surface area contributed by atoms with Gasteiger partial charge in [-0.05, 0) is 44.1 Å². The van der Waals surface area contributed by atoms with Crippen LogP contribution in [0.4, 0.5) is 5.69 Å². The van der Waals surface area contributed by atoms with Crippen LogP contribution in [0, 0.1) is 6.92 Å². The van der Waals surface area contributed by atoms with Gasteiger partial charge in [-0.25, -0.2) is 0 Å². The highest BCUT2D eigenvalue weighted by Gasteiger charge is 2.22. The molecule has 1 aromatic carbocycles. The summed E-state index contributed by atoms with van der Waals surface area (Å²) in [5, 5.41) is 6.31. The number of rotatable bonds is 5. The lowest BCUT2D eigenvalue weighted by Crippen LogP contribution is -2.41. The van der Waals surface area contributed by atoms with Crippen molar-refractivity contribution in [1.29, 1.82) is 0 Å². The summed E-state index contributed by atoms with van der Waals surface area (Å²) >= 11 is 0. The fourth-order valence-corrected chi connectivity index (χ4v) is 2.56. The van der Waals surface area contributed by atoms with Gasteiger partial charge in [-0.2, -0.15) is 0 Å². The molecule has 4 nitrogen and oxygen atoms in total. The lowest BCUT2D eigenvalue weighted by atomic mass is 10.2. The summed E-state index contributed by atoms with van der Waals surface area (Å²) in [5.74, 6) is 0.0688. The molecule has 1 amide bonds. The van der Waals surface area contributed by atoms with Gasteiger partial charge in [0.15, 0.2) is 0 Å². The minimum atomic E-state index is 0.0688. The molecule has 19 heavy (non-hydrogen) atoms. The van der Waals surface area contributed by atoms with Crippen molar-refractivity contribution in [1.82, 2.24) is 10.2 Å². The number of carbonyl (C=O) groups excluding carboxylic acids is 1. The normalized spacial score (nSPS) is 18.8. The Kier molecular flexibility index (Phi) is 4.93. The molecule has 2 rings (SSSR count). The number of likely N-dealkylation sites (N-methyl/N-ethyl adjacent to an activating group) is 1. The van der Waals surface area contributed by atoms with Crippen LogP contribution in [-0.2, 0) is 4.79 Å². The van der Waals surface area contributed by atoms with Crippen molar-refractivity contribution in [2.75, 3.05) is 31.5 Å². The quantitative estimate of drug-likeness (QED) is 0.846. The van der Waals surface area contributed by atoms with Crippen LogP contribution in [-0.4, -0.2) is 43.0 Å². The number of nitrogens with zero attached hydrogens (tertiary/aromatic N) is 1. The van der Waals surface area contributed by atoms with Gasteiger partial charge < -0.3 is 10.6 Å². The fourth-order valence-electron chi connectivity index (χ4n) is 2.56. The van der Waals surface area contributed by atoms with Gasteiger partial charge in [0.25, 0.3) is 0 Å². The standard InChI is InChI=1S/C15H23N3O/c1-3-18(14-7-8-16-10-14)11-15(19)17-13-6-4-5-12(2)9-13/h4-6,9,14,16H,3,7-8,10-11H2,1-2H3,(H,17,19). The summed E-state index contributed by atoms with van der Waals surface area (Å²) in [4.78, 5) is 14.3. The molecule has 1 unspecified atom stereocenters. The highest BCUT2D eigenvalue weighted by atomic mass is 16.2. The zero-order chi connectivity index (χ0) is 13.7. The second-order valence-electron chi connectivity index (χ2n) is 5.13. The number of hydrogen-bond donors (Lipinski definition) is 2. The number of anilines is 1. The minimum Gasteiger partial charge on any atom is -0.325 e. The van der Waals surface area contributed by atoms with Gasteiger partial charge in [0.2, 0.25) is 5.91 Å². The molecule has 1 fully saturated rings. The average Bonchev–Trinajstić information content (AvgIpc) is 2.89. The summed E-state index contributed by atoms with van der Waals surface area (Å²) in [6, 6.07) is 8.40. The van der Waals surface area contributed by atoms with Crippen molar-refractivity contribution in [3.8, 4) is 0 Å². The maximum absolute atomic E-state index is 12.1. The Balaban J connectivity index is 1.89. The molecule has 0 spiro atoms. The lowest BCUT2D eigenvalue weighted by Gasteiger charge is -2.26.